The number of thioether (sulfide) groups is 1. The second-order valence-electron chi connectivity index (χ2n) is 16.9. The first-order chi connectivity index (χ1) is 34.3. The topological polar surface area (TPSA) is 235 Å². The van der Waals surface area contributed by atoms with Gasteiger partial charge < -0.3 is 41.7 Å². The second kappa shape index (κ2) is 29.2. The number of ketones is 2. The van der Waals surface area contributed by atoms with E-state index < -0.39 is 15.6 Å². The van der Waals surface area contributed by atoms with Crippen LogP contribution in [0.2, 0.25) is 10.0 Å². The number of Topliss-reactive ketones (excluding diaryl/α,β-unsaturated/α-hetero) is 1. The van der Waals surface area contributed by atoms with Crippen LogP contribution in [-0.4, -0.2) is 124 Å². The third kappa shape index (κ3) is 17.8. The van der Waals surface area contributed by atoms with Gasteiger partial charge in [-0.05, 0) is 145 Å². The summed E-state index contributed by atoms with van der Waals surface area (Å²) >= 11 is 22.2. The SMILES string of the molecule is CCSC(N)=NC(=S)Nc1ccc(N2CCC(N(C)C)CC2)cc1.CN(C)C1CCN(c2ccc(Nc3nc(N)c(C(=O)c4ccc(Cl)c([N+](=O)[O-])c4)s3)cc2)CC1.O=C(CBr)c1ccc(Cl)c([N+](=O)[O-])c1.P. The minimum absolute atomic E-state index is 0. The molecule has 0 saturated carbocycles. The van der Waals surface area contributed by atoms with E-state index in [1.165, 1.54) is 66.3 Å². The van der Waals surface area contributed by atoms with Crippen molar-refractivity contribution >= 4 is 151 Å². The van der Waals surface area contributed by atoms with E-state index in [4.69, 9.17) is 46.9 Å². The Labute approximate surface area is 460 Å². The summed E-state index contributed by atoms with van der Waals surface area (Å²) in [7, 11) is 8.59. The fraction of sp³-hybridized carbons (Fsp3) is 0.354. The zero-order valence-corrected chi connectivity index (χ0v) is 48.0. The number of amidine groups is 1. The number of nitrogens with two attached hydrogens (primary N) is 2. The predicted octanol–water partition coefficient (Wildman–Crippen LogP) is 10.7. The van der Waals surface area contributed by atoms with Crippen molar-refractivity contribution < 1.29 is 19.4 Å². The molecule has 2 saturated heterocycles. The third-order valence-electron chi connectivity index (χ3n) is 11.7. The molecule has 0 bridgehead atoms. The van der Waals surface area contributed by atoms with E-state index in [1.807, 2.05) is 31.2 Å². The number of nitrogen functional groups attached to an aromatic ring is 1. The Bertz CT molecular complexity index is 2730. The number of thiocarbonyl (C=S) groups is 1. The van der Waals surface area contributed by atoms with Gasteiger partial charge in [0.2, 0.25) is 5.78 Å². The van der Waals surface area contributed by atoms with Crippen molar-refractivity contribution in [3.05, 3.63) is 131 Å². The van der Waals surface area contributed by atoms with Crippen molar-refractivity contribution in [2.45, 2.75) is 44.7 Å². The number of piperidine rings is 2. The van der Waals surface area contributed by atoms with E-state index >= 15 is 0 Å². The highest BCUT2D eigenvalue weighted by Gasteiger charge is 2.24. The number of halogens is 3. The quantitative estimate of drug-likeness (QED) is 0.0118. The zero-order chi connectivity index (χ0) is 52.6. The van der Waals surface area contributed by atoms with E-state index in [1.54, 1.807) is 0 Å². The molecule has 1 atom stereocenters. The lowest BCUT2D eigenvalue weighted by Crippen LogP contribution is -2.41. The van der Waals surface area contributed by atoms with Crippen LogP contribution < -0.4 is 31.9 Å². The van der Waals surface area contributed by atoms with Crippen LogP contribution in [0.25, 0.3) is 0 Å². The Balaban J connectivity index is 0.000000258. The summed E-state index contributed by atoms with van der Waals surface area (Å²) in [5.41, 5.74) is 15.8. The Hall–Kier alpha value is -5.03. The fourth-order valence-corrected chi connectivity index (χ4v) is 10.0. The van der Waals surface area contributed by atoms with Crippen LogP contribution >= 0.6 is 84.3 Å². The van der Waals surface area contributed by atoms with E-state index in [9.17, 15) is 29.8 Å². The first-order valence-electron chi connectivity index (χ1n) is 22.6. The van der Waals surface area contributed by atoms with Crippen LogP contribution in [0.4, 0.5) is 45.1 Å². The van der Waals surface area contributed by atoms with Gasteiger partial charge in [0.15, 0.2) is 21.2 Å². The van der Waals surface area contributed by atoms with Crippen LogP contribution in [0.3, 0.4) is 0 Å². The van der Waals surface area contributed by atoms with Crippen LogP contribution in [0, 0.1) is 20.2 Å². The standard InChI is InChI=1S/C23H25ClN6O3S.C17H27N5S2.C8H5BrClNO3.H3P/c1-28(2)16-9-11-29(12-10-16)17-6-4-15(5-7-17)26-23-27-22(25)21(34-23)20(31)14-3-8-18(24)19(13-14)30(32)33;1-4-24-16(18)20-17(23)19-13-5-7-15(8-6-13)22-11-9-14(10-12-22)21(2)3;9-4-8(12)5-1-2-6(10)7(3-5)11(13)14;/h3-8,13,16H,9-12,25H2,1-2H3,(H,26,27);5-8,14H,4,9-12H2,1-3H3,(H3,18,19,20,23);1-3H,4H2;1H3. The molecule has 1 aromatic heterocycles. The molecule has 3 heterocycles. The summed E-state index contributed by atoms with van der Waals surface area (Å²) in [6.07, 6.45) is 4.69. The van der Waals surface area contributed by atoms with Crippen LogP contribution in [0.5, 0.6) is 0 Å². The van der Waals surface area contributed by atoms with E-state index in [2.05, 4.69) is 109 Å². The van der Waals surface area contributed by atoms with Gasteiger partial charge in [0.1, 0.15) is 20.7 Å². The summed E-state index contributed by atoms with van der Waals surface area (Å²) in [5.74, 6) is 0.288. The minimum atomic E-state index is -0.629. The summed E-state index contributed by atoms with van der Waals surface area (Å²) in [4.78, 5) is 62.5. The largest absolute Gasteiger partial charge is 0.382 e. The number of anilines is 6. The molecule has 392 valence electrons. The molecule has 2 aliphatic heterocycles. The molecule has 0 radical (unpaired) electrons. The maximum Gasteiger partial charge on any atom is 0.288 e. The van der Waals surface area contributed by atoms with Gasteiger partial charge in [-0.25, -0.2) is 4.98 Å². The number of aliphatic imine (C=N–C) groups is 1. The molecule has 25 heteroatoms. The van der Waals surface area contributed by atoms with Gasteiger partial charge in [0.25, 0.3) is 11.4 Å². The number of aromatic nitrogens is 1. The molecule has 2 fully saturated rings. The molecule has 0 spiro atoms. The number of carbonyl (C=O) groups excluding carboxylic acids is 2. The van der Waals surface area contributed by atoms with Crippen molar-refractivity contribution in [1.82, 2.24) is 14.8 Å². The Morgan fingerprint density at radius 2 is 1.27 bits per heavy atom. The van der Waals surface area contributed by atoms with Gasteiger partial charge in [-0.3, -0.25) is 29.8 Å². The smallest absolute Gasteiger partial charge is 0.288 e. The lowest BCUT2D eigenvalue weighted by molar-refractivity contribution is -0.384. The number of carbonyl (C=O) groups is 2. The van der Waals surface area contributed by atoms with Crippen LogP contribution in [0.15, 0.2) is 89.9 Å². The highest BCUT2D eigenvalue weighted by Crippen LogP contribution is 2.33. The van der Waals surface area contributed by atoms with Crippen LogP contribution in [-0.2, 0) is 0 Å². The molecule has 5 aromatic rings. The summed E-state index contributed by atoms with van der Waals surface area (Å²) in [6.45, 7) is 6.27. The Kier molecular flexibility index (Phi) is 24.2. The molecule has 1 unspecified atom stereocenters. The molecule has 18 nitrogen and oxygen atoms in total. The molecule has 73 heavy (non-hydrogen) atoms. The number of nitro benzene ring substituents is 2. The molecular weight excluding hydrogens is 1120 g/mol. The van der Waals surface area contributed by atoms with Crippen molar-refractivity contribution in [3.8, 4) is 0 Å². The van der Waals surface area contributed by atoms with E-state index in [0.717, 1.165) is 73.6 Å². The molecule has 2 aliphatic rings. The maximum absolute atomic E-state index is 12.9. The molecule has 6 N–H and O–H groups in total. The number of rotatable bonds is 14. The second-order valence-corrected chi connectivity index (χ2v) is 20.9. The molecule has 0 aliphatic carbocycles. The zero-order valence-electron chi connectivity index (χ0n) is 41.1. The van der Waals surface area contributed by atoms with Gasteiger partial charge >= 0.3 is 0 Å². The molecule has 4 aromatic carbocycles. The van der Waals surface area contributed by atoms with Crippen LogP contribution in [0.1, 0.15) is 58.2 Å². The van der Waals surface area contributed by atoms with Crippen molar-refractivity contribution in [2.24, 2.45) is 10.7 Å². The molecule has 7 rings (SSSR count). The maximum atomic E-state index is 12.9. The average molecular weight is 1180 g/mol. The Morgan fingerprint density at radius 1 is 0.822 bits per heavy atom. The highest BCUT2D eigenvalue weighted by molar-refractivity contribution is 9.09. The minimum Gasteiger partial charge on any atom is -0.382 e. The average Bonchev–Trinajstić information content (AvgIpc) is 3.73. The first kappa shape index (κ1) is 60.5. The van der Waals surface area contributed by atoms with Crippen molar-refractivity contribution in [3.63, 3.8) is 0 Å². The van der Waals surface area contributed by atoms with Gasteiger partial charge in [-0.1, -0.05) is 69.2 Å². The number of thiazole rings is 1. The number of hydrogen-bond donors (Lipinski definition) is 4. The van der Waals surface area contributed by atoms with Crippen molar-refractivity contribution in [1.29, 1.82) is 0 Å². The predicted molar refractivity (Wildman–Crippen MR) is 315 cm³/mol. The number of nitrogens with zero attached hydrogens (tertiary/aromatic N) is 8. The summed E-state index contributed by atoms with van der Waals surface area (Å²) < 4.78 is 0. The number of nitrogens with one attached hydrogen (secondary N) is 2. The Morgan fingerprint density at radius 3 is 1.71 bits per heavy atom. The molecule has 0 amide bonds. The summed E-state index contributed by atoms with van der Waals surface area (Å²) in [6, 6.07) is 25.6. The van der Waals surface area contributed by atoms with Gasteiger partial charge in [0, 0.05) is 84.3 Å². The lowest BCUT2D eigenvalue weighted by Gasteiger charge is -2.36. The lowest BCUT2D eigenvalue weighted by atomic mass is 10.0. The number of alkyl halides is 1. The van der Waals surface area contributed by atoms with Gasteiger partial charge in [-0.2, -0.15) is 14.9 Å². The number of hydrogen-bond acceptors (Lipinski definition) is 16. The van der Waals surface area contributed by atoms with Crippen molar-refractivity contribution in [2.75, 3.05) is 91.6 Å². The van der Waals surface area contributed by atoms with Gasteiger partial charge in [-0.15, -0.1) is 0 Å². The normalized spacial score (nSPS) is 14.0. The highest BCUT2D eigenvalue weighted by atomic mass is 79.9. The fourth-order valence-electron chi connectivity index (χ4n) is 7.72. The monoisotopic (exact) mass is 1180 g/mol. The first-order valence-corrected chi connectivity index (χ1v) is 26.7. The van der Waals surface area contributed by atoms with E-state index in [0.29, 0.717) is 27.5 Å². The van der Waals surface area contributed by atoms with E-state index in [-0.39, 0.29) is 64.3 Å². The summed E-state index contributed by atoms with van der Waals surface area (Å²) in [5, 5.41) is 29.4. The van der Waals surface area contributed by atoms with Gasteiger partial charge in [0.05, 0.1) is 15.2 Å². The third-order valence-corrected chi connectivity index (χ3v) is 14.7. The number of nitro groups is 2. The molecular formula is C48H60BrCl2N12O6PS3. The number of benzene rings is 4.